The zero-order valence-electron chi connectivity index (χ0n) is 14.9. The lowest BCUT2D eigenvalue weighted by molar-refractivity contribution is 0.0943. The number of benzene rings is 2. The van der Waals surface area contributed by atoms with Gasteiger partial charge in [0.15, 0.2) is 9.84 Å². The van der Waals surface area contributed by atoms with E-state index in [1.807, 2.05) is 18.2 Å². The maximum Gasteiger partial charge on any atom is 0.262 e. The monoisotopic (exact) mass is 419 g/mol. The molecule has 1 saturated heterocycles. The van der Waals surface area contributed by atoms with E-state index in [-0.39, 0.29) is 18.1 Å². The van der Waals surface area contributed by atoms with Gasteiger partial charge in [-0.1, -0.05) is 24.3 Å². The molecule has 0 bridgehead atoms. The molecule has 2 aromatic carbocycles. The molecule has 0 unspecified atom stereocenters. The number of halogens is 1. The van der Waals surface area contributed by atoms with Crippen molar-refractivity contribution in [3.8, 4) is 5.75 Å². The SMILES string of the molecule is O=C(N[C@H]1CCS(=O)(=O)C1)c1sc2cccc(F)c2c1COc1ccccc1. The molecule has 0 radical (unpaired) electrons. The molecule has 1 N–H and O–H groups in total. The van der Waals surface area contributed by atoms with Crippen LogP contribution in [0.5, 0.6) is 5.75 Å². The molecule has 1 atom stereocenters. The van der Waals surface area contributed by atoms with Crippen LogP contribution in [0.4, 0.5) is 4.39 Å². The predicted molar refractivity (Wildman–Crippen MR) is 107 cm³/mol. The zero-order valence-corrected chi connectivity index (χ0v) is 16.5. The fourth-order valence-corrected chi connectivity index (χ4v) is 6.12. The summed E-state index contributed by atoms with van der Waals surface area (Å²) in [5.74, 6) is -0.180. The maximum atomic E-state index is 14.5. The highest BCUT2D eigenvalue weighted by atomic mass is 32.2. The quantitative estimate of drug-likeness (QED) is 0.687. The molecular formula is C20H18FNO4S2. The van der Waals surface area contributed by atoms with Crippen molar-refractivity contribution in [3.05, 3.63) is 64.8 Å². The molecule has 0 saturated carbocycles. The van der Waals surface area contributed by atoms with Gasteiger partial charge in [-0.05, 0) is 30.7 Å². The van der Waals surface area contributed by atoms with Gasteiger partial charge >= 0.3 is 0 Å². The van der Waals surface area contributed by atoms with Crippen molar-refractivity contribution in [2.24, 2.45) is 0 Å². The van der Waals surface area contributed by atoms with Crippen molar-refractivity contribution >= 4 is 37.2 Å². The fraction of sp³-hybridized carbons (Fsp3) is 0.250. The van der Waals surface area contributed by atoms with Crippen molar-refractivity contribution in [1.29, 1.82) is 0 Å². The largest absolute Gasteiger partial charge is 0.489 e. The second kappa shape index (κ2) is 7.52. The molecule has 1 aromatic heterocycles. The number of para-hydroxylation sites is 1. The first-order valence-corrected chi connectivity index (χ1v) is 11.5. The average Bonchev–Trinajstić information content (AvgIpc) is 3.21. The van der Waals surface area contributed by atoms with E-state index in [0.717, 1.165) is 0 Å². The van der Waals surface area contributed by atoms with Crippen LogP contribution < -0.4 is 10.1 Å². The normalized spacial score (nSPS) is 18.2. The summed E-state index contributed by atoms with van der Waals surface area (Å²) in [6.07, 6.45) is 0.392. The van der Waals surface area contributed by atoms with Crippen LogP contribution in [0.1, 0.15) is 21.7 Å². The van der Waals surface area contributed by atoms with Crippen molar-refractivity contribution < 1.29 is 22.3 Å². The number of ether oxygens (including phenoxy) is 1. The van der Waals surface area contributed by atoms with Crippen molar-refractivity contribution in [2.45, 2.75) is 19.1 Å². The lowest BCUT2D eigenvalue weighted by Gasteiger charge is -2.12. The van der Waals surface area contributed by atoms with Crippen LogP contribution >= 0.6 is 11.3 Å². The highest BCUT2D eigenvalue weighted by molar-refractivity contribution is 7.91. The van der Waals surface area contributed by atoms with E-state index < -0.39 is 27.6 Å². The van der Waals surface area contributed by atoms with E-state index in [1.165, 1.54) is 17.4 Å². The first kappa shape index (κ1) is 18.9. The van der Waals surface area contributed by atoms with E-state index in [9.17, 15) is 17.6 Å². The first-order chi connectivity index (χ1) is 13.4. The molecule has 0 aliphatic carbocycles. The molecule has 1 aliphatic rings. The molecule has 1 amide bonds. The van der Waals surface area contributed by atoms with Crippen molar-refractivity contribution in [2.75, 3.05) is 11.5 Å². The summed E-state index contributed by atoms with van der Waals surface area (Å²) in [5, 5.41) is 3.15. The van der Waals surface area contributed by atoms with E-state index in [4.69, 9.17) is 4.74 Å². The minimum atomic E-state index is -3.11. The lowest BCUT2D eigenvalue weighted by Crippen LogP contribution is -2.35. The van der Waals surface area contributed by atoms with Crippen LogP contribution in [0, 0.1) is 5.82 Å². The molecule has 1 fully saturated rings. The average molecular weight is 419 g/mol. The van der Waals surface area contributed by atoms with Gasteiger partial charge in [0.05, 0.1) is 16.4 Å². The van der Waals surface area contributed by atoms with Crippen LogP contribution in [0.2, 0.25) is 0 Å². The number of hydrogen-bond donors (Lipinski definition) is 1. The Kier molecular flexibility index (Phi) is 5.07. The zero-order chi connectivity index (χ0) is 19.7. The van der Waals surface area contributed by atoms with Gasteiger partial charge < -0.3 is 10.1 Å². The number of amides is 1. The van der Waals surface area contributed by atoms with E-state index in [0.29, 0.717) is 32.7 Å². The second-order valence-corrected chi connectivity index (χ2v) is 9.98. The molecule has 5 nitrogen and oxygen atoms in total. The number of carbonyl (C=O) groups excluding carboxylic acids is 1. The number of fused-ring (bicyclic) bond motifs is 1. The topological polar surface area (TPSA) is 72.5 Å². The van der Waals surface area contributed by atoms with Crippen molar-refractivity contribution in [3.63, 3.8) is 0 Å². The van der Waals surface area contributed by atoms with Gasteiger partial charge in [-0.15, -0.1) is 11.3 Å². The molecule has 146 valence electrons. The van der Waals surface area contributed by atoms with E-state index in [1.54, 1.807) is 24.3 Å². The number of carbonyl (C=O) groups is 1. The Morgan fingerprint density at radius 2 is 1.96 bits per heavy atom. The molecular weight excluding hydrogens is 401 g/mol. The Morgan fingerprint density at radius 3 is 2.68 bits per heavy atom. The van der Waals surface area contributed by atoms with Gasteiger partial charge in [-0.2, -0.15) is 0 Å². The minimum absolute atomic E-state index is 0.0384. The predicted octanol–water partition coefficient (Wildman–Crippen LogP) is 3.54. The molecule has 0 spiro atoms. The molecule has 28 heavy (non-hydrogen) atoms. The molecule has 2 heterocycles. The van der Waals surface area contributed by atoms with Crippen LogP contribution in [-0.4, -0.2) is 31.9 Å². The number of sulfone groups is 1. The third kappa shape index (κ3) is 3.88. The Morgan fingerprint density at radius 1 is 1.18 bits per heavy atom. The summed E-state index contributed by atoms with van der Waals surface area (Å²) >= 11 is 1.18. The summed E-state index contributed by atoms with van der Waals surface area (Å²) in [4.78, 5) is 13.2. The Bertz CT molecular complexity index is 1130. The Labute approximate surface area is 166 Å². The van der Waals surface area contributed by atoms with Crippen LogP contribution in [0.15, 0.2) is 48.5 Å². The number of thiophene rings is 1. The van der Waals surface area contributed by atoms with E-state index in [2.05, 4.69) is 5.32 Å². The third-order valence-electron chi connectivity index (χ3n) is 4.66. The first-order valence-electron chi connectivity index (χ1n) is 8.82. The van der Waals surface area contributed by atoms with Crippen LogP contribution in [0.25, 0.3) is 10.1 Å². The highest BCUT2D eigenvalue weighted by Crippen LogP contribution is 2.34. The number of rotatable bonds is 5. The fourth-order valence-electron chi connectivity index (χ4n) is 3.32. The maximum absolute atomic E-state index is 14.5. The highest BCUT2D eigenvalue weighted by Gasteiger charge is 2.30. The van der Waals surface area contributed by atoms with Gasteiger partial charge in [0.25, 0.3) is 5.91 Å². The Hall–Kier alpha value is -2.45. The molecule has 8 heteroatoms. The molecule has 3 aromatic rings. The third-order valence-corrected chi connectivity index (χ3v) is 7.63. The molecule has 1 aliphatic heterocycles. The van der Waals surface area contributed by atoms with Crippen molar-refractivity contribution in [1.82, 2.24) is 5.32 Å². The molecule has 4 rings (SSSR count). The second-order valence-electron chi connectivity index (χ2n) is 6.70. The summed E-state index contributed by atoms with van der Waals surface area (Å²) in [6, 6.07) is 13.4. The Balaban J connectivity index is 1.65. The van der Waals surface area contributed by atoms with Crippen LogP contribution in [0.3, 0.4) is 0 Å². The van der Waals surface area contributed by atoms with Gasteiger partial charge in [0, 0.05) is 21.7 Å². The summed E-state index contributed by atoms with van der Waals surface area (Å²) in [7, 11) is -3.11. The number of nitrogens with one attached hydrogen (secondary N) is 1. The van der Waals surface area contributed by atoms with Crippen LogP contribution in [-0.2, 0) is 16.4 Å². The summed E-state index contributed by atoms with van der Waals surface area (Å²) < 4.78 is 44.2. The minimum Gasteiger partial charge on any atom is -0.489 e. The lowest BCUT2D eigenvalue weighted by atomic mass is 10.1. The van der Waals surface area contributed by atoms with Gasteiger partial charge in [-0.3, -0.25) is 4.79 Å². The standard InChI is InChI=1S/C20H18FNO4S2/c21-16-7-4-8-17-18(16)15(11-26-14-5-2-1-3-6-14)19(27-17)20(23)22-13-9-10-28(24,25)12-13/h1-8,13H,9-12H2,(H,22,23)/t13-/m0/s1. The number of hydrogen-bond acceptors (Lipinski definition) is 5. The van der Waals surface area contributed by atoms with Gasteiger partial charge in [0.2, 0.25) is 0 Å². The van der Waals surface area contributed by atoms with Gasteiger partial charge in [-0.25, -0.2) is 12.8 Å². The smallest absolute Gasteiger partial charge is 0.262 e. The summed E-state index contributed by atoms with van der Waals surface area (Å²) in [6.45, 7) is 0.0384. The summed E-state index contributed by atoms with van der Waals surface area (Å²) in [5.41, 5.74) is 0.473. The van der Waals surface area contributed by atoms with E-state index >= 15 is 0 Å². The van der Waals surface area contributed by atoms with Gasteiger partial charge in [0.1, 0.15) is 18.2 Å².